The number of hydrogen-bond donors (Lipinski definition) is 0. The Morgan fingerprint density at radius 3 is 2.82 bits per heavy atom. The molecule has 3 heteroatoms. The molecule has 0 saturated heterocycles. The lowest BCUT2D eigenvalue weighted by molar-refractivity contribution is -0.134. The van der Waals surface area contributed by atoms with Crippen molar-refractivity contribution in [3.63, 3.8) is 0 Å². The first-order valence-corrected chi connectivity index (χ1v) is 5.78. The SMILES string of the molecule is COC(=O)/C=C/C1=C[C@]2(C)C=C[C@@](C)(O2)[C@@H]1C. The van der Waals surface area contributed by atoms with Crippen molar-refractivity contribution in [3.8, 4) is 0 Å². The van der Waals surface area contributed by atoms with Gasteiger partial charge in [-0.3, -0.25) is 0 Å². The Kier molecular flexibility index (Phi) is 2.74. The molecule has 0 N–H and O–H groups in total. The van der Waals surface area contributed by atoms with Gasteiger partial charge in [-0.15, -0.1) is 0 Å². The van der Waals surface area contributed by atoms with E-state index in [0.717, 1.165) is 5.57 Å². The normalized spacial score (nSPS) is 39.5. The van der Waals surface area contributed by atoms with Crippen molar-refractivity contribution in [1.82, 2.24) is 0 Å². The van der Waals surface area contributed by atoms with Crippen LogP contribution >= 0.6 is 0 Å². The monoisotopic (exact) mass is 234 g/mol. The van der Waals surface area contributed by atoms with Crippen LogP contribution in [0.15, 0.2) is 36.0 Å². The van der Waals surface area contributed by atoms with Gasteiger partial charge in [0.2, 0.25) is 0 Å². The summed E-state index contributed by atoms with van der Waals surface area (Å²) in [5.41, 5.74) is 0.479. The van der Waals surface area contributed by atoms with Crippen molar-refractivity contribution in [1.29, 1.82) is 0 Å². The molecule has 0 saturated carbocycles. The van der Waals surface area contributed by atoms with Gasteiger partial charge in [0.1, 0.15) is 5.60 Å². The number of hydrogen-bond acceptors (Lipinski definition) is 3. The highest BCUT2D eigenvalue weighted by Gasteiger charge is 2.46. The third-order valence-corrected chi connectivity index (χ3v) is 3.61. The summed E-state index contributed by atoms with van der Waals surface area (Å²) in [6, 6.07) is 0. The van der Waals surface area contributed by atoms with Gasteiger partial charge >= 0.3 is 5.97 Å². The van der Waals surface area contributed by atoms with E-state index in [0.29, 0.717) is 0 Å². The third kappa shape index (κ3) is 2.07. The first-order valence-electron chi connectivity index (χ1n) is 5.78. The van der Waals surface area contributed by atoms with Gasteiger partial charge in [0.15, 0.2) is 0 Å². The van der Waals surface area contributed by atoms with Crippen LogP contribution in [0.2, 0.25) is 0 Å². The van der Waals surface area contributed by atoms with E-state index < -0.39 is 0 Å². The number of methoxy groups -OCH3 is 1. The molecule has 2 heterocycles. The maximum atomic E-state index is 11.1. The van der Waals surface area contributed by atoms with Gasteiger partial charge in [0, 0.05) is 12.0 Å². The van der Waals surface area contributed by atoms with E-state index in [-0.39, 0.29) is 23.1 Å². The van der Waals surface area contributed by atoms with Crippen LogP contribution in [0, 0.1) is 5.92 Å². The summed E-state index contributed by atoms with van der Waals surface area (Å²) in [6.07, 6.45) is 9.51. The number of carbonyl (C=O) groups is 1. The molecule has 3 atom stereocenters. The maximum Gasteiger partial charge on any atom is 0.330 e. The van der Waals surface area contributed by atoms with Gasteiger partial charge in [-0.25, -0.2) is 4.79 Å². The van der Waals surface area contributed by atoms with Crippen LogP contribution in [-0.2, 0) is 14.3 Å². The number of carbonyl (C=O) groups excluding carboxylic acids is 1. The second-order valence-electron chi connectivity index (χ2n) is 5.03. The average Bonchev–Trinajstić information content (AvgIpc) is 2.56. The minimum atomic E-state index is -0.350. The predicted octanol–water partition coefficient (Wildman–Crippen LogP) is 2.40. The Morgan fingerprint density at radius 1 is 1.47 bits per heavy atom. The molecule has 0 aliphatic carbocycles. The second-order valence-corrected chi connectivity index (χ2v) is 5.03. The molecule has 17 heavy (non-hydrogen) atoms. The molecule has 0 aromatic heterocycles. The summed E-state index contributed by atoms with van der Waals surface area (Å²) in [4.78, 5) is 11.1. The van der Waals surface area contributed by atoms with Crippen molar-refractivity contribution in [2.45, 2.75) is 32.0 Å². The fourth-order valence-corrected chi connectivity index (χ4v) is 2.39. The quantitative estimate of drug-likeness (QED) is 0.418. The highest BCUT2D eigenvalue weighted by molar-refractivity contribution is 5.82. The highest BCUT2D eigenvalue weighted by atomic mass is 16.5. The summed E-state index contributed by atoms with van der Waals surface area (Å²) >= 11 is 0. The fourth-order valence-electron chi connectivity index (χ4n) is 2.39. The van der Waals surface area contributed by atoms with Crippen molar-refractivity contribution in [3.05, 3.63) is 36.0 Å². The van der Waals surface area contributed by atoms with Crippen LogP contribution < -0.4 is 0 Å². The van der Waals surface area contributed by atoms with E-state index in [1.807, 2.05) is 13.0 Å². The van der Waals surface area contributed by atoms with E-state index >= 15 is 0 Å². The number of esters is 1. The second kappa shape index (κ2) is 3.84. The van der Waals surface area contributed by atoms with Crippen molar-refractivity contribution < 1.29 is 14.3 Å². The summed E-state index contributed by atoms with van der Waals surface area (Å²) in [7, 11) is 1.38. The van der Waals surface area contributed by atoms with Gasteiger partial charge in [-0.1, -0.05) is 25.2 Å². The van der Waals surface area contributed by atoms with Gasteiger partial charge in [0.25, 0.3) is 0 Å². The van der Waals surface area contributed by atoms with E-state index in [1.165, 1.54) is 13.2 Å². The standard InChI is InChI=1S/C14H18O3/c1-10-11(5-6-12(15)16-4)9-13(2)7-8-14(10,3)17-13/h5-10H,1-4H3/b6-5+/t10-,13+,14-/m1/s1. The summed E-state index contributed by atoms with van der Waals surface area (Å²) < 4.78 is 10.6. The summed E-state index contributed by atoms with van der Waals surface area (Å²) in [5, 5.41) is 0. The molecule has 0 aromatic carbocycles. The molecule has 0 unspecified atom stereocenters. The minimum Gasteiger partial charge on any atom is -0.466 e. The topological polar surface area (TPSA) is 35.5 Å². The van der Waals surface area contributed by atoms with Crippen LogP contribution in [0.4, 0.5) is 0 Å². The van der Waals surface area contributed by atoms with E-state index in [2.05, 4.69) is 36.8 Å². The molecule has 2 aliphatic rings. The lowest BCUT2D eigenvalue weighted by Crippen LogP contribution is -2.41. The zero-order chi connectivity index (χ0) is 12.7. The summed E-state index contributed by atoms with van der Waals surface area (Å²) in [5.74, 6) is -0.115. The predicted molar refractivity (Wildman–Crippen MR) is 65.4 cm³/mol. The number of allylic oxidation sites excluding steroid dienone is 1. The van der Waals surface area contributed by atoms with Crippen LogP contribution in [0.1, 0.15) is 20.8 Å². The Hall–Kier alpha value is -1.35. The van der Waals surface area contributed by atoms with Crippen LogP contribution in [0.3, 0.4) is 0 Å². The fraction of sp³-hybridized carbons (Fsp3) is 0.500. The number of ether oxygens (including phenoxy) is 2. The zero-order valence-electron chi connectivity index (χ0n) is 10.7. The van der Waals surface area contributed by atoms with Crippen molar-refractivity contribution >= 4 is 5.97 Å². The molecule has 92 valence electrons. The molecule has 3 nitrogen and oxygen atoms in total. The molecule has 2 bridgehead atoms. The van der Waals surface area contributed by atoms with Crippen molar-refractivity contribution in [2.75, 3.05) is 7.11 Å². The molecule has 0 aromatic rings. The molecule has 0 radical (unpaired) electrons. The lowest BCUT2D eigenvalue weighted by Gasteiger charge is -2.39. The van der Waals surface area contributed by atoms with Gasteiger partial charge in [0.05, 0.1) is 12.7 Å². The summed E-state index contributed by atoms with van der Waals surface area (Å²) in [6.45, 7) is 6.19. The van der Waals surface area contributed by atoms with E-state index in [1.54, 1.807) is 0 Å². The Labute approximate surface area is 102 Å². The first-order chi connectivity index (χ1) is 7.88. The lowest BCUT2D eigenvalue weighted by atomic mass is 9.82. The van der Waals surface area contributed by atoms with Crippen LogP contribution in [-0.4, -0.2) is 24.3 Å². The number of rotatable bonds is 2. The van der Waals surface area contributed by atoms with Crippen molar-refractivity contribution in [2.24, 2.45) is 5.92 Å². The van der Waals surface area contributed by atoms with Gasteiger partial charge < -0.3 is 9.47 Å². The minimum absolute atomic E-state index is 0.218. The largest absolute Gasteiger partial charge is 0.466 e. The first kappa shape index (κ1) is 12.1. The smallest absolute Gasteiger partial charge is 0.330 e. The molecular weight excluding hydrogens is 216 g/mol. The molecule has 0 fully saturated rings. The van der Waals surface area contributed by atoms with E-state index in [4.69, 9.17) is 4.74 Å². The molecule has 2 rings (SSSR count). The highest BCUT2D eigenvalue weighted by Crippen LogP contribution is 2.45. The van der Waals surface area contributed by atoms with Gasteiger partial charge in [-0.2, -0.15) is 0 Å². The Bertz CT molecular complexity index is 433. The number of fused-ring (bicyclic) bond motifs is 2. The maximum absolute atomic E-state index is 11.1. The third-order valence-electron chi connectivity index (χ3n) is 3.61. The Balaban J connectivity index is 2.28. The zero-order valence-corrected chi connectivity index (χ0v) is 10.7. The molecular formula is C14H18O3. The molecule has 0 spiro atoms. The van der Waals surface area contributed by atoms with Crippen LogP contribution in [0.25, 0.3) is 0 Å². The molecule has 0 amide bonds. The molecule has 2 aliphatic heterocycles. The van der Waals surface area contributed by atoms with Gasteiger partial charge in [-0.05, 0) is 25.5 Å². The van der Waals surface area contributed by atoms with Crippen LogP contribution in [0.5, 0.6) is 0 Å². The van der Waals surface area contributed by atoms with E-state index in [9.17, 15) is 4.79 Å². The Morgan fingerprint density at radius 2 is 2.18 bits per heavy atom. The average molecular weight is 234 g/mol.